The van der Waals surface area contributed by atoms with Gasteiger partial charge in [0.15, 0.2) is 0 Å². The Labute approximate surface area is 94.2 Å². The molecule has 0 saturated heterocycles. The van der Waals surface area contributed by atoms with Crippen molar-refractivity contribution in [2.75, 3.05) is 0 Å². The van der Waals surface area contributed by atoms with Gasteiger partial charge in [-0.25, -0.2) is 0 Å². The standard InChI is InChI=1S/C14H12N2/c1-2-6-13(15-9-4-1)12-8-11-16-10-5-3-7-14(12)16/h1-11,15H. The van der Waals surface area contributed by atoms with Gasteiger partial charge in [-0.05, 0) is 30.4 Å². The first kappa shape index (κ1) is 9.04. The van der Waals surface area contributed by atoms with E-state index < -0.39 is 0 Å². The lowest BCUT2D eigenvalue weighted by atomic mass is 10.2. The summed E-state index contributed by atoms with van der Waals surface area (Å²) in [6.07, 6.45) is 14.2. The maximum absolute atomic E-state index is 3.28. The van der Waals surface area contributed by atoms with Crippen molar-refractivity contribution in [2.45, 2.75) is 0 Å². The third-order valence-corrected chi connectivity index (χ3v) is 2.68. The van der Waals surface area contributed by atoms with Gasteiger partial charge in [-0.2, -0.15) is 0 Å². The van der Waals surface area contributed by atoms with Crippen LogP contribution in [0.5, 0.6) is 0 Å². The number of aromatic nitrogens is 1. The minimum absolute atomic E-state index is 1.12. The van der Waals surface area contributed by atoms with Gasteiger partial charge in [-0.1, -0.05) is 18.2 Å². The van der Waals surface area contributed by atoms with E-state index in [1.165, 1.54) is 11.1 Å². The second-order valence-corrected chi connectivity index (χ2v) is 3.69. The molecule has 0 atom stereocenters. The first-order valence-electron chi connectivity index (χ1n) is 5.31. The Balaban J connectivity index is 2.15. The van der Waals surface area contributed by atoms with Crippen LogP contribution < -0.4 is 5.32 Å². The Morgan fingerprint density at radius 3 is 2.94 bits per heavy atom. The summed E-state index contributed by atoms with van der Waals surface area (Å²) in [4.78, 5) is 0. The number of nitrogens with one attached hydrogen (secondary N) is 1. The Morgan fingerprint density at radius 1 is 0.938 bits per heavy atom. The summed E-state index contributed by atoms with van der Waals surface area (Å²) in [5.74, 6) is 0. The van der Waals surface area contributed by atoms with Gasteiger partial charge in [0.1, 0.15) is 0 Å². The number of hydrogen-bond donors (Lipinski definition) is 1. The molecule has 2 aromatic rings. The first-order valence-corrected chi connectivity index (χ1v) is 5.31. The second kappa shape index (κ2) is 3.74. The van der Waals surface area contributed by atoms with Crippen LogP contribution in [0.3, 0.4) is 0 Å². The van der Waals surface area contributed by atoms with Gasteiger partial charge in [0.05, 0.1) is 5.52 Å². The van der Waals surface area contributed by atoms with Gasteiger partial charge in [0.2, 0.25) is 0 Å². The Kier molecular flexibility index (Phi) is 2.11. The van der Waals surface area contributed by atoms with Crippen LogP contribution in [0.15, 0.2) is 67.2 Å². The second-order valence-electron chi connectivity index (χ2n) is 3.69. The molecule has 78 valence electrons. The number of rotatable bonds is 1. The van der Waals surface area contributed by atoms with Crippen LogP contribution >= 0.6 is 0 Å². The van der Waals surface area contributed by atoms with E-state index >= 15 is 0 Å². The molecule has 16 heavy (non-hydrogen) atoms. The molecule has 0 aromatic carbocycles. The quantitative estimate of drug-likeness (QED) is 0.762. The van der Waals surface area contributed by atoms with Crippen LogP contribution in [0.4, 0.5) is 0 Å². The molecule has 1 N–H and O–H groups in total. The van der Waals surface area contributed by atoms with Crippen molar-refractivity contribution < 1.29 is 0 Å². The maximum atomic E-state index is 3.28. The van der Waals surface area contributed by atoms with Gasteiger partial charge >= 0.3 is 0 Å². The molecule has 1 aliphatic rings. The average Bonchev–Trinajstić information content (AvgIpc) is 2.57. The van der Waals surface area contributed by atoms with Gasteiger partial charge in [-0.3, -0.25) is 0 Å². The van der Waals surface area contributed by atoms with Gasteiger partial charge in [0.25, 0.3) is 0 Å². The molecule has 0 aliphatic carbocycles. The van der Waals surface area contributed by atoms with Gasteiger partial charge in [-0.15, -0.1) is 0 Å². The first-order chi connectivity index (χ1) is 7.95. The lowest BCUT2D eigenvalue weighted by molar-refractivity contribution is 1.19. The topological polar surface area (TPSA) is 16.4 Å². The lowest BCUT2D eigenvalue weighted by Crippen LogP contribution is -2.02. The molecule has 3 rings (SSSR count). The molecule has 2 aromatic heterocycles. The summed E-state index contributed by atoms with van der Waals surface area (Å²) in [7, 11) is 0. The molecule has 0 unspecified atom stereocenters. The number of fused-ring (bicyclic) bond motifs is 1. The molecular formula is C14H12N2. The molecule has 0 radical (unpaired) electrons. The van der Waals surface area contributed by atoms with E-state index in [-0.39, 0.29) is 0 Å². The highest BCUT2D eigenvalue weighted by molar-refractivity contribution is 5.79. The number of hydrogen-bond acceptors (Lipinski definition) is 1. The molecule has 0 amide bonds. The SMILES string of the molecule is C1=CC=C(c2ccn3ccccc23)NC=C1. The fourth-order valence-electron chi connectivity index (χ4n) is 1.91. The number of allylic oxidation sites excluding steroid dienone is 4. The number of pyridine rings is 1. The summed E-state index contributed by atoms with van der Waals surface area (Å²) < 4.78 is 2.12. The molecule has 0 bridgehead atoms. The van der Waals surface area contributed by atoms with E-state index in [4.69, 9.17) is 0 Å². The molecule has 2 heteroatoms. The van der Waals surface area contributed by atoms with Crippen LogP contribution in [0, 0.1) is 0 Å². The predicted octanol–water partition coefficient (Wildman–Crippen LogP) is 2.95. The van der Waals surface area contributed by atoms with Gasteiger partial charge < -0.3 is 9.72 Å². The fraction of sp³-hybridized carbons (Fsp3) is 0. The Hall–Kier alpha value is -2.22. The van der Waals surface area contributed by atoms with Crippen molar-refractivity contribution in [3.8, 4) is 0 Å². The summed E-state index contributed by atoms with van der Waals surface area (Å²) in [5.41, 5.74) is 3.56. The highest BCUT2D eigenvalue weighted by Crippen LogP contribution is 2.20. The average molecular weight is 208 g/mol. The van der Waals surface area contributed by atoms with Crippen molar-refractivity contribution >= 4 is 11.2 Å². The molecule has 0 saturated carbocycles. The van der Waals surface area contributed by atoms with Crippen LogP contribution in [-0.4, -0.2) is 4.40 Å². The zero-order valence-electron chi connectivity index (χ0n) is 8.80. The minimum Gasteiger partial charge on any atom is -0.361 e. The Morgan fingerprint density at radius 2 is 1.94 bits per heavy atom. The predicted molar refractivity (Wildman–Crippen MR) is 66.8 cm³/mol. The van der Waals surface area contributed by atoms with E-state index in [0.29, 0.717) is 0 Å². The number of nitrogens with zero attached hydrogens (tertiary/aromatic N) is 1. The van der Waals surface area contributed by atoms with E-state index in [0.717, 1.165) is 5.70 Å². The van der Waals surface area contributed by atoms with Crippen molar-refractivity contribution in [3.63, 3.8) is 0 Å². The molecule has 1 aliphatic heterocycles. The van der Waals surface area contributed by atoms with E-state index in [9.17, 15) is 0 Å². The summed E-state index contributed by atoms with van der Waals surface area (Å²) >= 11 is 0. The minimum atomic E-state index is 1.12. The van der Waals surface area contributed by atoms with Gasteiger partial charge in [0, 0.05) is 29.9 Å². The summed E-state index contributed by atoms with van der Waals surface area (Å²) in [6, 6.07) is 8.34. The van der Waals surface area contributed by atoms with Crippen LogP contribution in [0.1, 0.15) is 5.56 Å². The van der Waals surface area contributed by atoms with Crippen LogP contribution in [0.2, 0.25) is 0 Å². The molecule has 0 spiro atoms. The summed E-state index contributed by atoms with van der Waals surface area (Å²) in [5, 5.41) is 3.28. The van der Waals surface area contributed by atoms with E-state index in [2.05, 4.69) is 46.4 Å². The lowest BCUT2D eigenvalue weighted by Gasteiger charge is -2.05. The highest BCUT2D eigenvalue weighted by atomic mass is 14.9. The highest BCUT2D eigenvalue weighted by Gasteiger charge is 2.05. The monoisotopic (exact) mass is 208 g/mol. The third kappa shape index (κ3) is 1.44. The van der Waals surface area contributed by atoms with Crippen molar-refractivity contribution in [3.05, 3.63) is 72.7 Å². The molecule has 0 fully saturated rings. The molecule has 2 nitrogen and oxygen atoms in total. The zero-order chi connectivity index (χ0) is 10.8. The van der Waals surface area contributed by atoms with Crippen molar-refractivity contribution in [2.24, 2.45) is 0 Å². The third-order valence-electron chi connectivity index (χ3n) is 2.68. The Bertz CT molecular complexity index is 600. The normalized spacial score (nSPS) is 14.6. The van der Waals surface area contributed by atoms with E-state index in [1.54, 1.807) is 0 Å². The van der Waals surface area contributed by atoms with Crippen molar-refractivity contribution in [1.82, 2.24) is 9.72 Å². The largest absolute Gasteiger partial charge is 0.361 e. The molecular weight excluding hydrogens is 196 g/mol. The molecule has 3 heterocycles. The maximum Gasteiger partial charge on any atom is 0.0543 e. The zero-order valence-corrected chi connectivity index (χ0v) is 8.80. The van der Waals surface area contributed by atoms with Crippen LogP contribution in [0.25, 0.3) is 11.2 Å². The summed E-state index contributed by atoms with van der Waals surface area (Å²) in [6.45, 7) is 0. The smallest absolute Gasteiger partial charge is 0.0543 e. The fourth-order valence-corrected chi connectivity index (χ4v) is 1.91. The van der Waals surface area contributed by atoms with Crippen LogP contribution in [-0.2, 0) is 0 Å². The van der Waals surface area contributed by atoms with E-state index in [1.807, 2.05) is 30.5 Å². The van der Waals surface area contributed by atoms with Crippen molar-refractivity contribution in [1.29, 1.82) is 0 Å².